The predicted octanol–water partition coefficient (Wildman–Crippen LogP) is 1.93. The van der Waals surface area contributed by atoms with Crippen LogP contribution in [-0.2, 0) is 0 Å². The third-order valence-electron chi connectivity index (χ3n) is 3.65. The van der Waals surface area contributed by atoms with Gasteiger partial charge in [-0.1, -0.05) is 13.8 Å². The van der Waals surface area contributed by atoms with Gasteiger partial charge in [0, 0.05) is 6.04 Å². The average molecular weight is 243 g/mol. The van der Waals surface area contributed by atoms with Crippen molar-refractivity contribution in [2.45, 2.75) is 46.6 Å². The molecule has 0 aromatic rings. The molecule has 3 heteroatoms. The van der Waals surface area contributed by atoms with Crippen molar-refractivity contribution >= 4 is 0 Å². The molecule has 0 aromatic carbocycles. The SMILES string of the molecule is CC(C)C(CN)CNCCCCN(C)C(C)C. The summed E-state index contributed by atoms with van der Waals surface area (Å²) in [5, 5.41) is 3.52. The molecule has 0 aliphatic rings. The Kier molecular flexibility index (Phi) is 9.79. The zero-order chi connectivity index (χ0) is 13.3. The van der Waals surface area contributed by atoms with Crippen molar-refractivity contribution < 1.29 is 0 Å². The molecule has 0 rings (SSSR count). The van der Waals surface area contributed by atoms with Crippen LogP contribution in [0.3, 0.4) is 0 Å². The molecule has 0 aliphatic heterocycles. The van der Waals surface area contributed by atoms with Crippen LogP contribution >= 0.6 is 0 Å². The van der Waals surface area contributed by atoms with Gasteiger partial charge >= 0.3 is 0 Å². The van der Waals surface area contributed by atoms with Crippen LogP contribution in [0.5, 0.6) is 0 Å². The van der Waals surface area contributed by atoms with Crippen molar-refractivity contribution in [3.63, 3.8) is 0 Å². The zero-order valence-electron chi connectivity index (χ0n) is 12.5. The van der Waals surface area contributed by atoms with Crippen LogP contribution in [0, 0.1) is 11.8 Å². The Bertz CT molecular complexity index is 169. The van der Waals surface area contributed by atoms with Gasteiger partial charge in [-0.05, 0) is 71.8 Å². The Labute approximate surface area is 108 Å². The quantitative estimate of drug-likeness (QED) is 0.576. The molecule has 0 amide bonds. The number of hydrogen-bond acceptors (Lipinski definition) is 3. The van der Waals surface area contributed by atoms with E-state index in [-0.39, 0.29) is 0 Å². The first-order valence-electron chi connectivity index (χ1n) is 7.10. The molecule has 0 fully saturated rings. The van der Waals surface area contributed by atoms with E-state index in [1.165, 1.54) is 19.4 Å². The smallest absolute Gasteiger partial charge is 0.00355 e. The molecule has 104 valence electrons. The van der Waals surface area contributed by atoms with Gasteiger partial charge in [-0.3, -0.25) is 0 Å². The van der Waals surface area contributed by atoms with Gasteiger partial charge in [-0.2, -0.15) is 0 Å². The summed E-state index contributed by atoms with van der Waals surface area (Å²) < 4.78 is 0. The van der Waals surface area contributed by atoms with E-state index in [4.69, 9.17) is 5.73 Å². The minimum absolute atomic E-state index is 0.619. The number of rotatable bonds is 10. The van der Waals surface area contributed by atoms with Crippen molar-refractivity contribution in [2.75, 3.05) is 33.2 Å². The first-order valence-corrected chi connectivity index (χ1v) is 7.10. The van der Waals surface area contributed by atoms with E-state index >= 15 is 0 Å². The van der Waals surface area contributed by atoms with Crippen LogP contribution in [0.2, 0.25) is 0 Å². The molecular formula is C14H33N3. The van der Waals surface area contributed by atoms with Crippen LogP contribution in [0.1, 0.15) is 40.5 Å². The normalized spacial score (nSPS) is 13.9. The topological polar surface area (TPSA) is 41.3 Å². The Hall–Kier alpha value is -0.120. The van der Waals surface area contributed by atoms with Crippen molar-refractivity contribution in [2.24, 2.45) is 17.6 Å². The molecular weight excluding hydrogens is 210 g/mol. The van der Waals surface area contributed by atoms with Gasteiger partial charge in [0.05, 0.1) is 0 Å². The molecule has 0 radical (unpaired) electrons. The predicted molar refractivity (Wildman–Crippen MR) is 77.3 cm³/mol. The van der Waals surface area contributed by atoms with Crippen LogP contribution in [0.25, 0.3) is 0 Å². The molecule has 0 aromatic heterocycles. The van der Waals surface area contributed by atoms with E-state index in [0.29, 0.717) is 17.9 Å². The highest BCUT2D eigenvalue weighted by atomic mass is 15.1. The molecule has 0 bridgehead atoms. The Morgan fingerprint density at radius 1 is 1.12 bits per heavy atom. The second-order valence-electron chi connectivity index (χ2n) is 5.73. The lowest BCUT2D eigenvalue weighted by Crippen LogP contribution is -2.32. The number of nitrogens with one attached hydrogen (secondary N) is 1. The lowest BCUT2D eigenvalue weighted by atomic mass is 9.96. The number of nitrogens with zero attached hydrogens (tertiary/aromatic N) is 1. The standard InChI is InChI=1S/C14H33N3/c1-12(2)14(10-15)11-16-8-6-7-9-17(5)13(3)4/h12-14,16H,6-11,15H2,1-5H3. The van der Waals surface area contributed by atoms with E-state index in [1.807, 2.05) is 0 Å². The van der Waals surface area contributed by atoms with Gasteiger partial charge in [0.1, 0.15) is 0 Å². The van der Waals surface area contributed by atoms with E-state index in [0.717, 1.165) is 19.6 Å². The van der Waals surface area contributed by atoms with Gasteiger partial charge in [-0.15, -0.1) is 0 Å². The molecule has 0 saturated carbocycles. The molecule has 1 atom stereocenters. The van der Waals surface area contributed by atoms with Gasteiger partial charge in [0.15, 0.2) is 0 Å². The van der Waals surface area contributed by atoms with E-state index in [1.54, 1.807) is 0 Å². The lowest BCUT2D eigenvalue weighted by molar-refractivity contribution is 0.267. The molecule has 1 unspecified atom stereocenters. The maximum Gasteiger partial charge on any atom is 0.00355 e. The monoisotopic (exact) mass is 243 g/mol. The number of nitrogens with two attached hydrogens (primary N) is 1. The highest BCUT2D eigenvalue weighted by Crippen LogP contribution is 2.07. The highest BCUT2D eigenvalue weighted by Gasteiger charge is 2.10. The maximum absolute atomic E-state index is 5.74. The van der Waals surface area contributed by atoms with Gasteiger partial charge in [-0.25, -0.2) is 0 Å². The molecule has 17 heavy (non-hydrogen) atoms. The summed E-state index contributed by atoms with van der Waals surface area (Å²) in [6.45, 7) is 13.2. The number of unbranched alkanes of at least 4 members (excludes halogenated alkanes) is 1. The third-order valence-corrected chi connectivity index (χ3v) is 3.65. The van der Waals surface area contributed by atoms with Gasteiger partial charge < -0.3 is 16.0 Å². The number of hydrogen-bond donors (Lipinski definition) is 2. The first kappa shape index (κ1) is 16.9. The zero-order valence-corrected chi connectivity index (χ0v) is 12.5. The third kappa shape index (κ3) is 8.58. The van der Waals surface area contributed by atoms with E-state index in [2.05, 4.69) is 45.0 Å². The Morgan fingerprint density at radius 2 is 1.76 bits per heavy atom. The summed E-state index contributed by atoms with van der Waals surface area (Å²) >= 11 is 0. The van der Waals surface area contributed by atoms with Gasteiger partial charge in [0.25, 0.3) is 0 Å². The molecule has 3 nitrogen and oxygen atoms in total. The molecule has 0 saturated heterocycles. The summed E-state index contributed by atoms with van der Waals surface area (Å²) in [6, 6.07) is 0.658. The molecule has 0 aliphatic carbocycles. The van der Waals surface area contributed by atoms with Crippen molar-refractivity contribution in [3.8, 4) is 0 Å². The first-order chi connectivity index (χ1) is 7.99. The lowest BCUT2D eigenvalue weighted by Gasteiger charge is -2.21. The van der Waals surface area contributed by atoms with Crippen molar-refractivity contribution in [1.29, 1.82) is 0 Å². The van der Waals surface area contributed by atoms with E-state index in [9.17, 15) is 0 Å². The summed E-state index contributed by atoms with van der Waals surface area (Å²) in [4.78, 5) is 2.40. The summed E-state index contributed by atoms with van der Waals surface area (Å²) in [5.41, 5.74) is 5.74. The maximum atomic E-state index is 5.74. The van der Waals surface area contributed by atoms with Crippen molar-refractivity contribution in [1.82, 2.24) is 10.2 Å². The fraction of sp³-hybridized carbons (Fsp3) is 1.00. The van der Waals surface area contributed by atoms with Crippen LogP contribution in [0.4, 0.5) is 0 Å². The Balaban J connectivity index is 3.40. The van der Waals surface area contributed by atoms with Crippen LogP contribution < -0.4 is 11.1 Å². The second-order valence-corrected chi connectivity index (χ2v) is 5.73. The van der Waals surface area contributed by atoms with Crippen LogP contribution in [-0.4, -0.2) is 44.2 Å². The average Bonchev–Trinajstić information content (AvgIpc) is 2.27. The molecule has 3 N–H and O–H groups in total. The fourth-order valence-corrected chi connectivity index (χ4v) is 1.75. The van der Waals surface area contributed by atoms with Crippen molar-refractivity contribution in [3.05, 3.63) is 0 Å². The Morgan fingerprint density at radius 3 is 2.24 bits per heavy atom. The van der Waals surface area contributed by atoms with E-state index < -0.39 is 0 Å². The fourth-order valence-electron chi connectivity index (χ4n) is 1.75. The second kappa shape index (κ2) is 9.86. The summed E-state index contributed by atoms with van der Waals surface area (Å²) in [5.74, 6) is 1.30. The summed E-state index contributed by atoms with van der Waals surface area (Å²) in [7, 11) is 2.20. The summed E-state index contributed by atoms with van der Waals surface area (Å²) in [6.07, 6.45) is 2.53. The molecule has 0 spiro atoms. The van der Waals surface area contributed by atoms with Crippen LogP contribution in [0.15, 0.2) is 0 Å². The van der Waals surface area contributed by atoms with Gasteiger partial charge in [0.2, 0.25) is 0 Å². The minimum atomic E-state index is 0.619. The minimum Gasteiger partial charge on any atom is -0.330 e. The largest absolute Gasteiger partial charge is 0.330 e. The molecule has 0 heterocycles. The highest BCUT2D eigenvalue weighted by molar-refractivity contribution is 4.66.